The highest BCUT2D eigenvalue weighted by molar-refractivity contribution is 6.16. The molecule has 2 aliphatic heterocycles. The number of aliphatic hydroxyl groups excluding tert-OH is 3. The second kappa shape index (κ2) is 10.4. The number of nitrogens with zero attached hydrogens (tertiary/aromatic N) is 1. The van der Waals surface area contributed by atoms with Crippen LogP contribution in [0.4, 0.5) is 0 Å². The molecule has 1 saturated carbocycles. The van der Waals surface area contributed by atoms with E-state index in [-0.39, 0.29) is 31.2 Å². The standard InChI is InChI=1S/C30H28N2O9.CH4/c33-20-10-21(34)23(18-12-32-8-2-4-13-3-1-5-16(18)24(13)32)22(20)17-11-31-19-9-14(6-7-15(17)19)40-30-27(37)25(35)26(36)28(41-30)29(38)39;/h1,3,5-7,9,11-12,22-23,25-28,30-31,35-37H,2,4,8,10H2,(H,38,39);1H4/t22-,23-,25-,26-,27+,28-,30?;/m1./s1. The lowest BCUT2D eigenvalue weighted by atomic mass is 9.83. The Labute approximate surface area is 240 Å². The van der Waals surface area contributed by atoms with Crippen LogP contribution in [0.3, 0.4) is 0 Å². The van der Waals surface area contributed by atoms with Crippen LogP contribution in [0.15, 0.2) is 48.8 Å². The minimum absolute atomic E-state index is 0. The van der Waals surface area contributed by atoms with Crippen molar-refractivity contribution in [3.05, 3.63) is 65.5 Å². The fourth-order valence-electron chi connectivity index (χ4n) is 6.74. The van der Waals surface area contributed by atoms with Crippen molar-refractivity contribution in [2.24, 2.45) is 0 Å². The second-order valence-electron chi connectivity index (χ2n) is 11.1. The molecule has 5 N–H and O–H groups in total. The molecule has 2 aromatic heterocycles. The Hall–Kier alpha value is -4.03. The van der Waals surface area contributed by atoms with Crippen molar-refractivity contribution in [3.8, 4) is 5.75 Å². The summed E-state index contributed by atoms with van der Waals surface area (Å²) in [5.41, 5.74) is 4.53. The number of carboxylic acids is 1. The number of H-pyrrole nitrogens is 1. The summed E-state index contributed by atoms with van der Waals surface area (Å²) in [6.07, 6.45) is -3.02. The van der Waals surface area contributed by atoms with E-state index >= 15 is 0 Å². The van der Waals surface area contributed by atoms with Gasteiger partial charge in [0.15, 0.2) is 6.10 Å². The smallest absolute Gasteiger partial charge is 0.335 e. The number of aromatic amines is 1. The number of aryl methyl sites for hydroxylation is 2. The summed E-state index contributed by atoms with van der Waals surface area (Å²) >= 11 is 0. The van der Waals surface area contributed by atoms with Gasteiger partial charge in [-0.1, -0.05) is 25.6 Å². The predicted octanol–water partition coefficient (Wildman–Crippen LogP) is 2.39. The highest BCUT2D eigenvalue weighted by Crippen LogP contribution is 2.47. The lowest BCUT2D eigenvalue weighted by molar-refractivity contribution is -0.271. The Bertz CT molecular complexity index is 1720. The van der Waals surface area contributed by atoms with Gasteiger partial charge in [-0.3, -0.25) is 9.59 Å². The number of ether oxygens (including phenoxy) is 2. The number of aliphatic carboxylic acids is 1. The molecule has 7 rings (SSSR count). The van der Waals surface area contributed by atoms with Gasteiger partial charge >= 0.3 is 5.97 Å². The highest BCUT2D eigenvalue weighted by atomic mass is 16.7. The van der Waals surface area contributed by atoms with Crippen molar-refractivity contribution < 1.29 is 44.3 Å². The van der Waals surface area contributed by atoms with Crippen LogP contribution >= 0.6 is 0 Å². The van der Waals surface area contributed by atoms with Gasteiger partial charge in [0.25, 0.3) is 0 Å². The van der Waals surface area contributed by atoms with Crippen LogP contribution in [0, 0.1) is 0 Å². The Balaban J connectivity index is 0.00000316. The lowest BCUT2D eigenvalue weighted by Crippen LogP contribution is -2.61. The van der Waals surface area contributed by atoms with E-state index in [0.29, 0.717) is 16.5 Å². The van der Waals surface area contributed by atoms with E-state index in [2.05, 4.69) is 15.6 Å². The first-order valence-corrected chi connectivity index (χ1v) is 13.6. The molecule has 1 unspecified atom stereocenters. The van der Waals surface area contributed by atoms with Crippen LogP contribution in [-0.4, -0.2) is 78.2 Å². The number of carbonyl (C=O) groups is 3. The van der Waals surface area contributed by atoms with E-state index in [1.54, 1.807) is 24.4 Å². The molecule has 11 nitrogen and oxygen atoms in total. The molecule has 2 aromatic carbocycles. The molecule has 1 aliphatic carbocycles. The maximum absolute atomic E-state index is 13.3. The van der Waals surface area contributed by atoms with Crippen LogP contribution in [-0.2, 0) is 32.1 Å². The topological polar surface area (TPSA) is 171 Å². The number of Topliss-reactive ketones (excluding diaryl/α,β-unsaturated/α-hetero) is 2. The first-order valence-electron chi connectivity index (χ1n) is 13.6. The van der Waals surface area contributed by atoms with Gasteiger partial charge in [0.1, 0.15) is 35.6 Å². The number of aliphatic hydroxyl groups is 3. The number of carboxylic acid groups (broad SMARTS) is 1. The molecule has 2 fully saturated rings. The number of fused-ring (bicyclic) bond motifs is 1. The minimum Gasteiger partial charge on any atom is -0.479 e. The maximum Gasteiger partial charge on any atom is 0.335 e. The number of hydrogen-bond donors (Lipinski definition) is 5. The van der Waals surface area contributed by atoms with Crippen LogP contribution in [0.1, 0.15) is 48.8 Å². The van der Waals surface area contributed by atoms with Crippen molar-refractivity contribution in [3.63, 3.8) is 0 Å². The van der Waals surface area contributed by atoms with Crippen molar-refractivity contribution >= 4 is 39.3 Å². The Morgan fingerprint density at radius 2 is 1.74 bits per heavy atom. The summed E-state index contributed by atoms with van der Waals surface area (Å²) in [6, 6.07) is 11.0. The third-order valence-electron chi connectivity index (χ3n) is 8.65. The molecule has 0 spiro atoms. The van der Waals surface area contributed by atoms with Crippen molar-refractivity contribution in [1.29, 1.82) is 0 Å². The predicted molar refractivity (Wildman–Crippen MR) is 150 cm³/mol. The van der Waals surface area contributed by atoms with Crippen LogP contribution in [0.2, 0.25) is 0 Å². The Kier molecular flexibility index (Phi) is 6.93. The van der Waals surface area contributed by atoms with Crippen molar-refractivity contribution in [2.75, 3.05) is 0 Å². The lowest BCUT2D eigenvalue weighted by Gasteiger charge is -2.38. The van der Waals surface area contributed by atoms with E-state index in [1.807, 2.05) is 18.3 Å². The van der Waals surface area contributed by atoms with Gasteiger partial charge in [0, 0.05) is 41.3 Å². The molecule has 0 bridgehead atoms. The third kappa shape index (κ3) is 4.23. The summed E-state index contributed by atoms with van der Waals surface area (Å²) < 4.78 is 13.1. The molecule has 3 aliphatic rings. The van der Waals surface area contributed by atoms with Gasteiger partial charge in [-0.05, 0) is 41.7 Å². The highest BCUT2D eigenvalue weighted by Gasteiger charge is 2.48. The van der Waals surface area contributed by atoms with Crippen LogP contribution in [0.25, 0.3) is 21.8 Å². The summed E-state index contributed by atoms with van der Waals surface area (Å²) in [4.78, 5) is 41.2. The Morgan fingerprint density at radius 3 is 2.50 bits per heavy atom. The molecule has 0 radical (unpaired) electrons. The Morgan fingerprint density at radius 1 is 0.976 bits per heavy atom. The average molecular weight is 577 g/mol. The number of aromatic nitrogens is 2. The first-order chi connectivity index (χ1) is 19.7. The second-order valence-corrected chi connectivity index (χ2v) is 11.1. The number of carbonyl (C=O) groups excluding carboxylic acids is 2. The molecule has 1 saturated heterocycles. The zero-order valence-corrected chi connectivity index (χ0v) is 21.8. The van der Waals surface area contributed by atoms with Gasteiger partial charge < -0.3 is 39.5 Å². The summed E-state index contributed by atoms with van der Waals surface area (Å²) in [6.45, 7) is 0.867. The van der Waals surface area contributed by atoms with Crippen LogP contribution < -0.4 is 4.74 Å². The number of rotatable bonds is 5. The number of benzene rings is 2. The number of nitrogens with one attached hydrogen (secondary N) is 1. The molecule has 0 amide bonds. The third-order valence-corrected chi connectivity index (χ3v) is 8.65. The minimum atomic E-state index is -1.82. The van der Waals surface area contributed by atoms with Gasteiger partial charge in [0.05, 0.1) is 23.8 Å². The molecule has 4 aromatic rings. The number of para-hydroxylation sites is 1. The molecule has 42 heavy (non-hydrogen) atoms. The van der Waals surface area contributed by atoms with Gasteiger partial charge in [-0.15, -0.1) is 0 Å². The molecule has 7 atom stereocenters. The quantitative estimate of drug-likeness (QED) is 0.224. The van der Waals surface area contributed by atoms with Crippen molar-refractivity contribution in [2.45, 2.75) is 75.8 Å². The molecular formula is C31H32N2O9. The molecular weight excluding hydrogens is 544 g/mol. The fraction of sp³-hybridized carbons (Fsp3) is 0.387. The molecule has 220 valence electrons. The van der Waals surface area contributed by atoms with E-state index < -0.39 is 48.5 Å². The van der Waals surface area contributed by atoms with E-state index in [0.717, 1.165) is 35.9 Å². The van der Waals surface area contributed by atoms with E-state index in [4.69, 9.17) is 9.47 Å². The van der Waals surface area contributed by atoms with Crippen molar-refractivity contribution in [1.82, 2.24) is 9.55 Å². The fourth-order valence-corrected chi connectivity index (χ4v) is 6.74. The average Bonchev–Trinajstić information content (AvgIpc) is 3.62. The zero-order chi connectivity index (χ0) is 28.6. The van der Waals surface area contributed by atoms with Gasteiger partial charge in [0.2, 0.25) is 6.29 Å². The first kappa shape index (κ1) is 28.1. The number of hydrogen-bond acceptors (Lipinski definition) is 8. The summed E-state index contributed by atoms with van der Waals surface area (Å²) in [7, 11) is 0. The van der Waals surface area contributed by atoms with E-state index in [9.17, 15) is 34.8 Å². The van der Waals surface area contributed by atoms with Crippen LogP contribution in [0.5, 0.6) is 5.75 Å². The molecule has 11 heteroatoms. The zero-order valence-electron chi connectivity index (χ0n) is 21.8. The normalized spacial score (nSPS) is 29.2. The SMILES string of the molecule is C.O=C(O)[C@@H]1OC(Oc2ccc3c([C@@H]4C(=O)CC(=O)[C@H]4c4cn5c6c(cccc46)CCC5)c[nH]c3c2)[C@@H](O)[C@H](O)[C@H]1O. The maximum atomic E-state index is 13.3. The molecule has 4 heterocycles. The van der Waals surface area contributed by atoms with Gasteiger partial charge in [-0.25, -0.2) is 4.79 Å². The number of ketones is 2. The summed E-state index contributed by atoms with van der Waals surface area (Å²) in [5, 5.41) is 41.3. The monoisotopic (exact) mass is 576 g/mol. The summed E-state index contributed by atoms with van der Waals surface area (Å²) in [5.74, 6) is -2.83. The largest absolute Gasteiger partial charge is 0.479 e. The van der Waals surface area contributed by atoms with Gasteiger partial charge in [-0.2, -0.15) is 0 Å². The van der Waals surface area contributed by atoms with E-state index in [1.165, 1.54) is 5.56 Å².